The molecule has 1 aliphatic rings. The number of likely N-dealkylation sites (N-methyl/N-ethyl adjacent to an activating group) is 1. The zero-order valence-corrected chi connectivity index (χ0v) is 20.4. The lowest BCUT2D eigenvalue weighted by Gasteiger charge is -2.35. The van der Waals surface area contributed by atoms with Crippen molar-refractivity contribution >= 4 is 39.8 Å². The minimum Gasteiger partial charge on any atom is -0.369 e. The van der Waals surface area contributed by atoms with Crippen molar-refractivity contribution < 1.29 is 4.79 Å². The third-order valence-corrected chi connectivity index (χ3v) is 6.42. The number of aromatic nitrogens is 2. The molecule has 0 saturated carbocycles. The average Bonchev–Trinajstić information content (AvgIpc) is 2.85. The van der Waals surface area contributed by atoms with Gasteiger partial charge in [-0.25, -0.2) is 9.97 Å². The van der Waals surface area contributed by atoms with Gasteiger partial charge in [-0.3, -0.25) is 4.79 Å². The number of carbonyl (C=O) groups excluding carboxylic acids is 1. The highest BCUT2D eigenvalue weighted by Crippen LogP contribution is 2.30. The maximum atomic E-state index is 11.3. The van der Waals surface area contributed by atoms with Crippen LogP contribution in [0, 0.1) is 6.92 Å². The van der Waals surface area contributed by atoms with E-state index in [9.17, 15) is 4.79 Å². The zero-order chi connectivity index (χ0) is 24.4. The molecule has 1 amide bonds. The SMILES string of the molecule is CC(=O)Nc1ccc(-c2cccc3cnc(Nc4ccc(N5CCN(C)CC5)c(C)c4)nc23)cc1. The molecule has 1 aliphatic heterocycles. The largest absolute Gasteiger partial charge is 0.369 e. The Kier molecular flexibility index (Phi) is 6.33. The molecule has 5 rings (SSSR count). The Morgan fingerprint density at radius 1 is 0.943 bits per heavy atom. The van der Waals surface area contributed by atoms with Crippen LogP contribution in [-0.4, -0.2) is 54.0 Å². The molecule has 0 unspecified atom stereocenters. The van der Waals surface area contributed by atoms with Crippen LogP contribution in [0.25, 0.3) is 22.0 Å². The van der Waals surface area contributed by atoms with Crippen molar-refractivity contribution in [3.05, 3.63) is 72.4 Å². The highest BCUT2D eigenvalue weighted by atomic mass is 16.1. The lowest BCUT2D eigenvalue weighted by molar-refractivity contribution is -0.114. The van der Waals surface area contributed by atoms with Gasteiger partial charge in [-0.1, -0.05) is 30.3 Å². The molecule has 0 spiro atoms. The Morgan fingerprint density at radius 3 is 2.40 bits per heavy atom. The summed E-state index contributed by atoms with van der Waals surface area (Å²) in [4.78, 5) is 25.6. The minimum absolute atomic E-state index is 0.0850. The molecule has 178 valence electrons. The van der Waals surface area contributed by atoms with E-state index in [0.717, 1.165) is 59.6 Å². The second-order valence-corrected chi connectivity index (χ2v) is 9.11. The molecule has 1 fully saturated rings. The number of piperazine rings is 1. The van der Waals surface area contributed by atoms with Gasteiger partial charge in [-0.15, -0.1) is 0 Å². The summed E-state index contributed by atoms with van der Waals surface area (Å²) in [5.74, 6) is 0.477. The van der Waals surface area contributed by atoms with Crippen molar-refractivity contribution in [1.29, 1.82) is 0 Å². The third-order valence-electron chi connectivity index (χ3n) is 6.42. The van der Waals surface area contributed by atoms with E-state index in [1.165, 1.54) is 18.2 Å². The number of nitrogens with one attached hydrogen (secondary N) is 2. The van der Waals surface area contributed by atoms with Crippen LogP contribution in [0.5, 0.6) is 0 Å². The fourth-order valence-corrected chi connectivity index (χ4v) is 4.55. The molecule has 0 atom stereocenters. The van der Waals surface area contributed by atoms with Gasteiger partial charge in [-0.05, 0) is 55.4 Å². The first-order valence-electron chi connectivity index (χ1n) is 11.9. The fraction of sp³-hybridized carbons (Fsp3) is 0.250. The number of hydrogen-bond donors (Lipinski definition) is 2. The van der Waals surface area contributed by atoms with E-state index in [1.807, 2.05) is 42.6 Å². The summed E-state index contributed by atoms with van der Waals surface area (Å²) < 4.78 is 0. The number of anilines is 4. The first-order chi connectivity index (χ1) is 17.0. The molecule has 35 heavy (non-hydrogen) atoms. The van der Waals surface area contributed by atoms with Gasteiger partial charge >= 0.3 is 0 Å². The van der Waals surface area contributed by atoms with Gasteiger partial charge in [0.05, 0.1) is 5.52 Å². The molecule has 2 heterocycles. The Labute approximate surface area is 205 Å². The van der Waals surface area contributed by atoms with Crippen molar-refractivity contribution in [1.82, 2.24) is 14.9 Å². The molecule has 0 aliphatic carbocycles. The molecule has 4 aromatic rings. The van der Waals surface area contributed by atoms with Crippen molar-refractivity contribution in [3.8, 4) is 11.1 Å². The predicted molar refractivity (Wildman–Crippen MR) is 143 cm³/mol. The molecule has 1 aromatic heterocycles. The topological polar surface area (TPSA) is 73.4 Å². The second kappa shape index (κ2) is 9.72. The first kappa shape index (κ1) is 22.8. The normalized spacial score (nSPS) is 14.2. The number of benzene rings is 3. The van der Waals surface area contributed by atoms with Gasteiger partial charge in [-0.2, -0.15) is 0 Å². The quantitative estimate of drug-likeness (QED) is 0.428. The molecular weight excluding hydrogens is 436 g/mol. The van der Waals surface area contributed by atoms with Crippen LogP contribution >= 0.6 is 0 Å². The van der Waals surface area contributed by atoms with Crippen LogP contribution in [0.4, 0.5) is 23.0 Å². The number of para-hydroxylation sites is 1. The van der Waals surface area contributed by atoms with Crippen LogP contribution in [0.3, 0.4) is 0 Å². The molecule has 1 saturated heterocycles. The Bertz CT molecular complexity index is 1360. The van der Waals surface area contributed by atoms with Crippen LogP contribution in [0.1, 0.15) is 12.5 Å². The molecular formula is C28H30N6O. The number of nitrogens with zero attached hydrogens (tertiary/aromatic N) is 4. The van der Waals surface area contributed by atoms with E-state index < -0.39 is 0 Å². The van der Waals surface area contributed by atoms with Crippen molar-refractivity contribution in [2.45, 2.75) is 13.8 Å². The van der Waals surface area contributed by atoms with Gasteiger partial charge in [0.2, 0.25) is 11.9 Å². The van der Waals surface area contributed by atoms with Gasteiger partial charge < -0.3 is 20.4 Å². The maximum Gasteiger partial charge on any atom is 0.227 e. The summed E-state index contributed by atoms with van der Waals surface area (Å²) in [6.45, 7) is 7.93. The standard InChI is InChI=1S/C28H30N6O/c1-19-17-24(11-12-26(19)34-15-13-33(3)14-16-34)31-28-29-18-22-5-4-6-25(27(22)32-28)21-7-9-23(10-8-21)30-20(2)35/h4-12,17-18H,13-16H2,1-3H3,(H,30,35)(H,29,31,32). The number of carbonyl (C=O) groups is 1. The van der Waals surface area contributed by atoms with Gasteiger partial charge in [0.1, 0.15) is 0 Å². The average molecular weight is 467 g/mol. The Balaban J connectivity index is 1.40. The van der Waals surface area contributed by atoms with E-state index in [1.54, 1.807) is 0 Å². The van der Waals surface area contributed by atoms with E-state index in [2.05, 4.69) is 63.7 Å². The zero-order valence-electron chi connectivity index (χ0n) is 20.4. The van der Waals surface area contributed by atoms with Crippen molar-refractivity contribution in [3.63, 3.8) is 0 Å². The second-order valence-electron chi connectivity index (χ2n) is 9.11. The van der Waals surface area contributed by atoms with Crippen molar-refractivity contribution in [2.75, 3.05) is 48.8 Å². The highest BCUT2D eigenvalue weighted by molar-refractivity contribution is 5.94. The Morgan fingerprint density at radius 2 is 1.69 bits per heavy atom. The van der Waals surface area contributed by atoms with Crippen molar-refractivity contribution in [2.24, 2.45) is 0 Å². The lowest BCUT2D eigenvalue weighted by Crippen LogP contribution is -2.44. The summed E-state index contributed by atoms with van der Waals surface area (Å²) in [6.07, 6.45) is 1.85. The Hall–Kier alpha value is -3.97. The number of rotatable bonds is 5. The van der Waals surface area contributed by atoms with Crippen LogP contribution in [0.15, 0.2) is 66.9 Å². The molecule has 7 nitrogen and oxygen atoms in total. The number of hydrogen-bond acceptors (Lipinski definition) is 6. The molecule has 0 bridgehead atoms. The summed E-state index contributed by atoms with van der Waals surface area (Å²) >= 11 is 0. The number of amides is 1. The fourth-order valence-electron chi connectivity index (χ4n) is 4.55. The van der Waals surface area contributed by atoms with E-state index in [4.69, 9.17) is 4.98 Å². The number of fused-ring (bicyclic) bond motifs is 1. The monoisotopic (exact) mass is 466 g/mol. The van der Waals surface area contributed by atoms with E-state index in [0.29, 0.717) is 5.95 Å². The number of aryl methyl sites for hydroxylation is 1. The van der Waals surface area contributed by atoms with E-state index in [-0.39, 0.29) is 5.91 Å². The van der Waals surface area contributed by atoms with Gasteiger partial charge in [0.25, 0.3) is 0 Å². The summed E-state index contributed by atoms with van der Waals surface area (Å²) in [6, 6.07) is 20.3. The van der Waals surface area contributed by atoms with Crippen LogP contribution in [0.2, 0.25) is 0 Å². The molecule has 0 radical (unpaired) electrons. The molecule has 7 heteroatoms. The van der Waals surface area contributed by atoms with Crippen LogP contribution in [-0.2, 0) is 4.79 Å². The van der Waals surface area contributed by atoms with Gasteiger partial charge in [0, 0.05) is 67.3 Å². The summed E-state index contributed by atoms with van der Waals surface area (Å²) in [5, 5.41) is 7.17. The lowest BCUT2D eigenvalue weighted by atomic mass is 10.0. The summed E-state index contributed by atoms with van der Waals surface area (Å²) in [7, 11) is 2.17. The molecule has 2 N–H and O–H groups in total. The smallest absolute Gasteiger partial charge is 0.227 e. The molecule has 3 aromatic carbocycles. The third kappa shape index (κ3) is 5.10. The maximum absolute atomic E-state index is 11.3. The first-order valence-corrected chi connectivity index (χ1v) is 11.9. The predicted octanol–water partition coefficient (Wildman–Crippen LogP) is 5.06. The minimum atomic E-state index is -0.0850. The summed E-state index contributed by atoms with van der Waals surface area (Å²) in [5.41, 5.74) is 7.19. The van der Waals surface area contributed by atoms with E-state index >= 15 is 0 Å². The van der Waals surface area contributed by atoms with Gasteiger partial charge in [0.15, 0.2) is 0 Å². The van der Waals surface area contributed by atoms with Crippen LogP contribution < -0.4 is 15.5 Å². The highest BCUT2D eigenvalue weighted by Gasteiger charge is 2.16.